The third kappa shape index (κ3) is 2.37. The summed E-state index contributed by atoms with van der Waals surface area (Å²) in [6.45, 7) is 6.75. The van der Waals surface area contributed by atoms with E-state index in [2.05, 4.69) is 0 Å². The van der Waals surface area contributed by atoms with Crippen LogP contribution < -0.4 is 0 Å². The summed E-state index contributed by atoms with van der Waals surface area (Å²) >= 11 is 5.80. The molecule has 0 spiro atoms. The molecule has 0 radical (unpaired) electrons. The molecule has 1 aliphatic rings. The lowest BCUT2D eigenvalue weighted by Crippen LogP contribution is -2.43. The first-order chi connectivity index (χ1) is 5.96. The van der Waals surface area contributed by atoms with Crippen molar-refractivity contribution in [2.45, 2.75) is 39.7 Å². The predicted molar refractivity (Wildman–Crippen MR) is 54.9 cm³/mol. The highest BCUT2D eigenvalue weighted by Gasteiger charge is 2.34. The van der Waals surface area contributed by atoms with Gasteiger partial charge in [-0.05, 0) is 12.8 Å². The number of carbonyl (C=O) groups excluding carboxylic acids is 1. The molecule has 0 N–H and O–H groups in total. The molecule has 0 aromatic carbocycles. The number of amides is 1. The maximum absolute atomic E-state index is 11.9. The average Bonchev–Trinajstić information content (AvgIpc) is 2.48. The number of nitrogens with zero attached hydrogens (tertiary/aromatic N) is 1. The SMILES string of the molecule is CC(C)(C)C(=O)N1CCC[C@H]1CCl. The molecule has 1 amide bonds. The molecule has 3 heteroatoms. The highest BCUT2D eigenvalue weighted by molar-refractivity contribution is 6.18. The van der Waals surface area contributed by atoms with E-state index >= 15 is 0 Å². The highest BCUT2D eigenvalue weighted by atomic mass is 35.5. The first-order valence-electron chi connectivity index (χ1n) is 4.84. The van der Waals surface area contributed by atoms with E-state index in [0.717, 1.165) is 19.4 Å². The lowest BCUT2D eigenvalue weighted by molar-refractivity contribution is -0.139. The van der Waals surface area contributed by atoms with Gasteiger partial charge in [0.1, 0.15) is 0 Å². The van der Waals surface area contributed by atoms with Gasteiger partial charge < -0.3 is 4.90 Å². The van der Waals surface area contributed by atoms with E-state index in [9.17, 15) is 4.79 Å². The summed E-state index contributed by atoms with van der Waals surface area (Å²) in [5.74, 6) is 0.803. The van der Waals surface area contributed by atoms with Gasteiger partial charge in [-0.15, -0.1) is 11.6 Å². The first-order valence-corrected chi connectivity index (χ1v) is 5.37. The van der Waals surface area contributed by atoms with Crippen LogP contribution in [0.5, 0.6) is 0 Å². The topological polar surface area (TPSA) is 20.3 Å². The van der Waals surface area contributed by atoms with Gasteiger partial charge in [-0.2, -0.15) is 0 Å². The van der Waals surface area contributed by atoms with Crippen molar-refractivity contribution in [3.8, 4) is 0 Å². The van der Waals surface area contributed by atoms with E-state index in [0.29, 0.717) is 5.88 Å². The molecule has 1 saturated heterocycles. The summed E-state index contributed by atoms with van der Waals surface area (Å²) in [6, 6.07) is 0.272. The van der Waals surface area contributed by atoms with Crippen LogP contribution >= 0.6 is 11.6 Å². The predicted octanol–water partition coefficient (Wildman–Crippen LogP) is 2.26. The number of rotatable bonds is 1. The van der Waals surface area contributed by atoms with Gasteiger partial charge in [-0.3, -0.25) is 4.79 Å². The fourth-order valence-corrected chi connectivity index (χ4v) is 2.02. The van der Waals surface area contributed by atoms with E-state index in [1.165, 1.54) is 0 Å². The van der Waals surface area contributed by atoms with Crippen LogP contribution in [0.2, 0.25) is 0 Å². The van der Waals surface area contributed by atoms with Gasteiger partial charge in [0.05, 0.1) is 0 Å². The van der Waals surface area contributed by atoms with Crippen LogP contribution in [-0.4, -0.2) is 29.3 Å². The number of halogens is 1. The summed E-state index contributed by atoms with van der Waals surface area (Å²) in [6.07, 6.45) is 2.16. The Kier molecular flexibility index (Phi) is 3.23. The third-order valence-electron chi connectivity index (χ3n) is 2.46. The molecule has 0 aromatic heterocycles. The second-order valence-corrected chi connectivity index (χ2v) is 5.01. The largest absolute Gasteiger partial charge is 0.338 e. The summed E-state index contributed by atoms with van der Waals surface area (Å²) in [5, 5.41) is 0. The molecular weight excluding hydrogens is 186 g/mol. The van der Waals surface area contributed by atoms with Gasteiger partial charge in [0.15, 0.2) is 0 Å². The molecule has 1 fully saturated rings. The monoisotopic (exact) mass is 203 g/mol. The summed E-state index contributed by atoms with van der Waals surface area (Å²) in [5.41, 5.74) is -0.269. The van der Waals surface area contributed by atoms with Gasteiger partial charge >= 0.3 is 0 Å². The molecular formula is C10H18ClNO. The minimum Gasteiger partial charge on any atom is -0.338 e. The van der Waals surface area contributed by atoms with Crippen LogP contribution in [0.3, 0.4) is 0 Å². The Bertz CT molecular complexity index is 198. The van der Waals surface area contributed by atoms with Crippen LogP contribution in [0.4, 0.5) is 0 Å². The summed E-state index contributed by atoms with van der Waals surface area (Å²) in [4.78, 5) is 13.8. The van der Waals surface area contributed by atoms with Gasteiger partial charge in [0, 0.05) is 23.9 Å². The Hall–Kier alpha value is -0.240. The van der Waals surface area contributed by atoms with E-state index in [1.807, 2.05) is 25.7 Å². The van der Waals surface area contributed by atoms with E-state index in [1.54, 1.807) is 0 Å². The van der Waals surface area contributed by atoms with Crippen molar-refractivity contribution in [2.24, 2.45) is 5.41 Å². The summed E-state index contributed by atoms with van der Waals surface area (Å²) < 4.78 is 0. The molecule has 2 nitrogen and oxygen atoms in total. The lowest BCUT2D eigenvalue weighted by atomic mass is 9.94. The molecule has 1 rings (SSSR count). The Morgan fingerprint density at radius 1 is 1.54 bits per heavy atom. The van der Waals surface area contributed by atoms with Crippen molar-refractivity contribution in [1.82, 2.24) is 4.90 Å². The quantitative estimate of drug-likeness (QED) is 0.599. The van der Waals surface area contributed by atoms with Gasteiger partial charge in [0.25, 0.3) is 0 Å². The van der Waals surface area contributed by atoms with Crippen LogP contribution in [0.1, 0.15) is 33.6 Å². The zero-order valence-electron chi connectivity index (χ0n) is 8.64. The maximum atomic E-state index is 11.9. The second kappa shape index (κ2) is 3.87. The van der Waals surface area contributed by atoms with Crippen molar-refractivity contribution in [2.75, 3.05) is 12.4 Å². The highest BCUT2D eigenvalue weighted by Crippen LogP contribution is 2.25. The molecule has 0 aliphatic carbocycles. The standard InChI is InChI=1S/C10H18ClNO/c1-10(2,3)9(13)12-6-4-5-8(12)7-11/h8H,4-7H2,1-3H3/t8-/m0/s1. The van der Waals surface area contributed by atoms with E-state index < -0.39 is 0 Å². The number of hydrogen-bond donors (Lipinski definition) is 0. The van der Waals surface area contributed by atoms with Crippen LogP contribution in [0.25, 0.3) is 0 Å². The maximum Gasteiger partial charge on any atom is 0.228 e. The van der Waals surface area contributed by atoms with Crippen molar-refractivity contribution in [3.63, 3.8) is 0 Å². The number of carbonyl (C=O) groups is 1. The van der Waals surface area contributed by atoms with Crippen molar-refractivity contribution in [1.29, 1.82) is 0 Å². The van der Waals surface area contributed by atoms with Crippen LogP contribution in [0.15, 0.2) is 0 Å². The number of hydrogen-bond acceptors (Lipinski definition) is 1. The van der Waals surface area contributed by atoms with Gasteiger partial charge in [-0.25, -0.2) is 0 Å². The van der Waals surface area contributed by atoms with Crippen molar-refractivity contribution >= 4 is 17.5 Å². The van der Waals surface area contributed by atoms with E-state index in [4.69, 9.17) is 11.6 Å². The molecule has 0 aromatic rings. The molecule has 1 heterocycles. The average molecular weight is 204 g/mol. The van der Waals surface area contributed by atoms with Gasteiger partial charge in [-0.1, -0.05) is 20.8 Å². The molecule has 0 unspecified atom stereocenters. The second-order valence-electron chi connectivity index (χ2n) is 4.70. The van der Waals surface area contributed by atoms with Crippen LogP contribution in [0, 0.1) is 5.41 Å². The molecule has 1 atom stereocenters. The minimum absolute atomic E-state index is 0.232. The van der Waals surface area contributed by atoms with Crippen molar-refractivity contribution < 1.29 is 4.79 Å². The Morgan fingerprint density at radius 2 is 2.15 bits per heavy atom. The van der Waals surface area contributed by atoms with Gasteiger partial charge in [0.2, 0.25) is 5.91 Å². The molecule has 76 valence electrons. The van der Waals surface area contributed by atoms with Crippen molar-refractivity contribution in [3.05, 3.63) is 0 Å². The fourth-order valence-electron chi connectivity index (χ4n) is 1.69. The first kappa shape index (κ1) is 10.8. The lowest BCUT2D eigenvalue weighted by Gasteiger charge is -2.29. The Balaban J connectivity index is 2.66. The van der Waals surface area contributed by atoms with Crippen LogP contribution in [-0.2, 0) is 4.79 Å². The zero-order chi connectivity index (χ0) is 10.1. The third-order valence-corrected chi connectivity index (χ3v) is 2.81. The Morgan fingerprint density at radius 3 is 2.62 bits per heavy atom. The number of likely N-dealkylation sites (tertiary alicyclic amines) is 1. The molecule has 13 heavy (non-hydrogen) atoms. The molecule has 0 bridgehead atoms. The normalized spacial score (nSPS) is 23.7. The minimum atomic E-state index is -0.269. The number of alkyl halides is 1. The fraction of sp³-hybridized carbons (Fsp3) is 0.900. The van der Waals surface area contributed by atoms with E-state index in [-0.39, 0.29) is 17.4 Å². The molecule has 1 aliphatic heterocycles. The molecule has 0 saturated carbocycles. The summed E-state index contributed by atoms with van der Waals surface area (Å²) in [7, 11) is 0. The smallest absolute Gasteiger partial charge is 0.228 e. The zero-order valence-corrected chi connectivity index (χ0v) is 9.40. The Labute approximate surface area is 85.2 Å².